The lowest BCUT2D eigenvalue weighted by Crippen LogP contribution is -2.41. The Morgan fingerprint density at radius 1 is 0.854 bits per heavy atom. The topological polar surface area (TPSA) is 164 Å². The van der Waals surface area contributed by atoms with Crippen molar-refractivity contribution in [1.82, 2.24) is 19.5 Å². The van der Waals surface area contributed by atoms with Crippen LogP contribution in [0.3, 0.4) is 0 Å². The van der Waals surface area contributed by atoms with Gasteiger partial charge in [-0.3, -0.25) is 4.57 Å². The van der Waals surface area contributed by atoms with Gasteiger partial charge in [-0.15, -0.1) is 0 Å². The van der Waals surface area contributed by atoms with Gasteiger partial charge in [-0.05, 0) is 54.9 Å². The Bertz CT molecular complexity index is 1890. The maximum Gasteiger partial charge on any atom is 0.338 e. The first-order chi connectivity index (χ1) is 23.3. The highest BCUT2D eigenvalue weighted by Gasteiger charge is 2.52. The minimum Gasteiger partial charge on any atom is -0.459 e. The number of aromatic nitrogens is 4. The third-order valence-corrected chi connectivity index (χ3v) is 7.67. The number of anilines is 1. The molecule has 2 aromatic heterocycles. The fraction of sp³-hybridized carbons (Fsp3) is 0.235. The second kappa shape index (κ2) is 14.6. The van der Waals surface area contributed by atoms with Crippen LogP contribution < -0.4 is 5.32 Å². The monoisotopic (exact) mass is 671 g/mol. The van der Waals surface area contributed by atoms with Gasteiger partial charge in [0.05, 0.1) is 29.6 Å². The van der Waals surface area contributed by atoms with Crippen LogP contribution in [0.15, 0.2) is 97.3 Å². The molecule has 0 spiro atoms. The molecule has 1 aliphatic heterocycles. The number of hydrogen-bond acceptors (Lipinski definition) is 12. The van der Waals surface area contributed by atoms with Gasteiger partial charge in [0, 0.05) is 6.04 Å². The summed E-state index contributed by atoms with van der Waals surface area (Å²) < 4.78 is 25.5. The SMILES string of the molecule is C[C@H](CO)Nc1nc(Cl)nc2c1ncn2[C@@H]1O[C@H](COC(=O)c2ccccc2)C(OC(=O)c2ccccc2)C1OC(=O)c1ccccc1. The van der Waals surface area contributed by atoms with Gasteiger partial charge >= 0.3 is 17.9 Å². The zero-order chi connectivity index (χ0) is 33.6. The molecule has 246 valence electrons. The van der Waals surface area contributed by atoms with E-state index in [2.05, 4.69) is 20.3 Å². The molecule has 3 heterocycles. The molecule has 5 aromatic rings. The smallest absolute Gasteiger partial charge is 0.338 e. The first kappa shape index (κ1) is 32.6. The first-order valence-corrected chi connectivity index (χ1v) is 15.4. The zero-order valence-corrected chi connectivity index (χ0v) is 26.3. The normalized spacial score (nSPS) is 19.4. The third-order valence-electron chi connectivity index (χ3n) is 7.50. The van der Waals surface area contributed by atoms with Gasteiger partial charge in [-0.1, -0.05) is 54.6 Å². The second-order valence-corrected chi connectivity index (χ2v) is 11.2. The predicted molar refractivity (Wildman–Crippen MR) is 172 cm³/mol. The number of rotatable bonds is 11. The summed E-state index contributed by atoms with van der Waals surface area (Å²) in [5.41, 5.74) is 1.28. The third kappa shape index (κ3) is 7.13. The number of halogens is 1. The lowest BCUT2D eigenvalue weighted by atomic mass is 10.1. The van der Waals surface area contributed by atoms with Crippen LogP contribution in [0, 0.1) is 0 Å². The van der Waals surface area contributed by atoms with E-state index in [4.69, 9.17) is 30.5 Å². The van der Waals surface area contributed by atoms with E-state index in [0.717, 1.165) is 0 Å². The molecule has 1 saturated heterocycles. The van der Waals surface area contributed by atoms with E-state index < -0.39 is 48.5 Å². The van der Waals surface area contributed by atoms with Crippen LogP contribution in [-0.4, -0.2) is 80.1 Å². The number of ether oxygens (including phenoxy) is 4. The molecule has 2 N–H and O–H groups in total. The number of benzene rings is 3. The summed E-state index contributed by atoms with van der Waals surface area (Å²) in [7, 11) is 0. The van der Waals surface area contributed by atoms with E-state index in [1.807, 2.05) is 0 Å². The summed E-state index contributed by atoms with van der Waals surface area (Å²) in [4.78, 5) is 52.9. The van der Waals surface area contributed by atoms with Gasteiger partial charge in [-0.2, -0.15) is 9.97 Å². The van der Waals surface area contributed by atoms with Gasteiger partial charge < -0.3 is 29.4 Å². The van der Waals surface area contributed by atoms with Crippen LogP contribution in [0.25, 0.3) is 11.2 Å². The number of aliphatic hydroxyl groups excluding tert-OH is 1. The Kier molecular flexibility index (Phi) is 9.90. The van der Waals surface area contributed by atoms with Crippen molar-refractivity contribution < 1.29 is 38.4 Å². The van der Waals surface area contributed by atoms with Gasteiger partial charge in [0.1, 0.15) is 12.7 Å². The van der Waals surface area contributed by atoms with E-state index in [0.29, 0.717) is 5.56 Å². The van der Waals surface area contributed by atoms with Crippen molar-refractivity contribution >= 4 is 46.5 Å². The maximum absolute atomic E-state index is 13.5. The Morgan fingerprint density at radius 2 is 1.40 bits per heavy atom. The van der Waals surface area contributed by atoms with Crippen LogP contribution in [0.4, 0.5) is 5.82 Å². The highest BCUT2D eigenvalue weighted by atomic mass is 35.5. The molecule has 1 aliphatic rings. The van der Waals surface area contributed by atoms with Gasteiger partial charge in [0.25, 0.3) is 0 Å². The van der Waals surface area contributed by atoms with Crippen molar-refractivity contribution in [3.8, 4) is 0 Å². The maximum atomic E-state index is 13.5. The number of aliphatic hydroxyl groups is 1. The number of carbonyl (C=O) groups excluding carboxylic acids is 3. The fourth-order valence-corrected chi connectivity index (χ4v) is 5.30. The van der Waals surface area contributed by atoms with Gasteiger partial charge in [0.2, 0.25) is 5.28 Å². The molecule has 5 atom stereocenters. The van der Waals surface area contributed by atoms with Crippen molar-refractivity contribution in [1.29, 1.82) is 0 Å². The van der Waals surface area contributed by atoms with Crippen LogP contribution in [-0.2, 0) is 18.9 Å². The van der Waals surface area contributed by atoms with E-state index in [1.54, 1.807) is 97.9 Å². The van der Waals surface area contributed by atoms with E-state index in [9.17, 15) is 19.5 Å². The molecular formula is C34H30ClN5O8. The Morgan fingerprint density at radius 3 is 1.96 bits per heavy atom. The molecule has 13 nitrogen and oxygen atoms in total. The van der Waals surface area contributed by atoms with Crippen molar-refractivity contribution in [3.63, 3.8) is 0 Å². The van der Waals surface area contributed by atoms with Gasteiger partial charge in [0.15, 0.2) is 35.4 Å². The number of carbonyl (C=O) groups is 3. The average Bonchev–Trinajstić information content (AvgIpc) is 3.68. The molecule has 14 heteroatoms. The molecule has 1 fully saturated rings. The largest absolute Gasteiger partial charge is 0.459 e. The number of hydrogen-bond donors (Lipinski definition) is 2. The second-order valence-electron chi connectivity index (χ2n) is 10.9. The van der Waals surface area contributed by atoms with Crippen molar-refractivity contribution in [2.24, 2.45) is 0 Å². The lowest BCUT2D eigenvalue weighted by Gasteiger charge is -2.25. The summed E-state index contributed by atoms with van der Waals surface area (Å²) in [6.07, 6.45) is -3.45. The van der Waals surface area contributed by atoms with Crippen LogP contribution in [0.2, 0.25) is 5.28 Å². The Labute approximate surface area is 279 Å². The summed E-state index contributed by atoms with van der Waals surface area (Å²) in [6.45, 7) is 1.19. The molecule has 0 bridgehead atoms. The lowest BCUT2D eigenvalue weighted by molar-refractivity contribution is -0.0606. The van der Waals surface area contributed by atoms with E-state index >= 15 is 0 Å². The average molecular weight is 672 g/mol. The van der Waals surface area contributed by atoms with Crippen LogP contribution in [0.5, 0.6) is 0 Å². The van der Waals surface area contributed by atoms with Crippen molar-refractivity contribution in [2.45, 2.75) is 37.5 Å². The quantitative estimate of drug-likeness (QED) is 0.115. The predicted octanol–water partition coefficient (Wildman–Crippen LogP) is 4.48. The number of imidazole rings is 1. The van der Waals surface area contributed by atoms with Crippen molar-refractivity contribution in [2.75, 3.05) is 18.5 Å². The molecule has 6 rings (SSSR count). The van der Waals surface area contributed by atoms with Crippen LogP contribution >= 0.6 is 11.6 Å². The summed E-state index contributed by atoms with van der Waals surface area (Å²) in [5.74, 6) is -1.81. The summed E-state index contributed by atoms with van der Waals surface area (Å²) >= 11 is 6.30. The molecule has 0 saturated carbocycles. The minimum atomic E-state index is -1.29. The summed E-state index contributed by atoms with van der Waals surface area (Å²) in [6, 6.07) is 24.5. The Balaban J connectivity index is 1.40. The number of nitrogens with zero attached hydrogens (tertiary/aromatic N) is 4. The molecule has 48 heavy (non-hydrogen) atoms. The van der Waals surface area contributed by atoms with E-state index in [1.165, 1.54) is 10.9 Å². The standard InChI is InChI=1S/C34H30ClN5O8/c1-20(17-41)37-28-25-29(39-34(35)38-28)40(19-36-25)30-27(48-33(44)23-15-9-4-10-16-23)26(47-32(43)22-13-7-3-8-14-22)24(46-30)18-45-31(42)21-11-5-2-6-12-21/h2-16,19-20,24,26-27,30,41H,17-18H2,1H3,(H,37,38,39)/t20-,24-,26?,27?,30-/m1/s1. The molecule has 2 unspecified atom stereocenters. The fourth-order valence-electron chi connectivity index (χ4n) is 5.14. The highest BCUT2D eigenvalue weighted by Crippen LogP contribution is 2.37. The minimum absolute atomic E-state index is 0.131. The molecular weight excluding hydrogens is 642 g/mol. The Hall–Kier alpha value is -5.37. The van der Waals surface area contributed by atoms with Crippen LogP contribution in [0.1, 0.15) is 44.2 Å². The van der Waals surface area contributed by atoms with E-state index in [-0.39, 0.29) is 46.6 Å². The number of nitrogens with one attached hydrogen (secondary N) is 1. The van der Waals surface area contributed by atoms with Crippen molar-refractivity contribution in [3.05, 3.63) is 119 Å². The number of fused-ring (bicyclic) bond motifs is 1. The van der Waals surface area contributed by atoms with Gasteiger partial charge in [-0.25, -0.2) is 19.4 Å². The molecule has 0 radical (unpaired) electrons. The zero-order valence-electron chi connectivity index (χ0n) is 25.5. The summed E-state index contributed by atoms with van der Waals surface area (Å²) in [5, 5.41) is 12.5. The molecule has 0 amide bonds. The first-order valence-electron chi connectivity index (χ1n) is 15.0. The highest BCUT2D eigenvalue weighted by molar-refractivity contribution is 6.28. The number of esters is 3. The molecule has 3 aromatic carbocycles. The molecule has 0 aliphatic carbocycles.